The average molecular weight is 240 g/mol. The predicted octanol–water partition coefficient (Wildman–Crippen LogP) is 3.40. The van der Waals surface area contributed by atoms with Gasteiger partial charge in [0, 0.05) is 20.6 Å². The van der Waals surface area contributed by atoms with E-state index in [1.807, 2.05) is 6.08 Å². The first-order valence-corrected chi connectivity index (χ1v) is 6.07. The molecule has 0 fully saturated rings. The second-order valence-electron chi connectivity index (χ2n) is 4.63. The molecule has 0 heterocycles. The number of rotatable bonds is 2. The smallest absolute Gasteiger partial charge is 0.191 e. The molecule has 0 radical (unpaired) electrons. The van der Waals surface area contributed by atoms with Gasteiger partial charge in [0.15, 0.2) is 5.79 Å². The molecule has 0 amide bonds. The van der Waals surface area contributed by atoms with Crippen LogP contribution >= 0.6 is 0 Å². The summed E-state index contributed by atoms with van der Waals surface area (Å²) in [4.78, 5) is 0. The SMILES string of the molecule is COC1(OC)C=Cc2cc3ccccc3cc2C1. The molecule has 2 aromatic rings. The zero-order chi connectivity index (χ0) is 12.6. The first-order valence-electron chi connectivity index (χ1n) is 6.07. The van der Waals surface area contributed by atoms with E-state index in [1.165, 1.54) is 21.9 Å². The second-order valence-corrected chi connectivity index (χ2v) is 4.63. The Hall–Kier alpha value is -1.64. The van der Waals surface area contributed by atoms with Gasteiger partial charge in [0.05, 0.1) is 0 Å². The van der Waals surface area contributed by atoms with E-state index in [0.29, 0.717) is 0 Å². The van der Waals surface area contributed by atoms with Crippen molar-refractivity contribution in [2.45, 2.75) is 12.2 Å². The van der Waals surface area contributed by atoms with Crippen LogP contribution in [0.25, 0.3) is 16.8 Å². The maximum absolute atomic E-state index is 5.49. The van der Waals surface area contributed by atoms with Crippen molar-refractivity contribution in [2.75, 3.05) is 14.2 Å². The monoisotopic (exact) mass is 240 g/mol. The molecule has 0 saturated heterocycles. The largest absolute Gasteiger partial charge is 0.349 e. The molecule has 0 aliphatic heterocycles. The van der Waals surface area contributed by atoms with E-state index >= 15 is 0 Å². The van der Waals surface area contributed by atoms with Crippen molar-refractivity contribution in [3.63, 3.8) is 0 Å². The van der Waals surface area contributed by atoms with Crippen molar-refractivity contribution in [3.8, 4) is 0 Å². The zero-order valence-corrected chi connectivity index (χ0v) is 10.6. The molecular weight excluding hydrogens is 224 g/mol. The lowest BCUT2D eigenvalue weighted by atomic mass is 9.90. The third-order valence-electron chi connectivity index (χ3n) is 3.65. The van der Waals surface area contributed by atoms with Gasteiger partial charge in [-0.1, -0.05) is 36.4 Å². The molecule has 0 unspecified atom stereocenters. The van der Waals surface area contributed by atoms with Gasteiger partial charge in [-0.15, -0.1) is 0 Å². The lowest BCUT2D eigenvalue weighted by molar-refractivity contribution is -0.168. The predicted molar refractivity (Wildman–Crippen MR) is 73.4 cm³/mol. The van der Waals surface area contributed by atoms with Gasteiger partial charge in [0.25, 0.3) is 0 Å². The van der Waals surface area contributed by atoms with Gasteiger partial charge in [-0.3, -0.25) is 0 Å². The Kier molecular flexibility index (Phi) is 2.69. The molecule has 1 aliphatic carbocycles. The molecule has 2 aromatic carbocycles. The molecule has 0 saturated carbocycles. The fraction of sp³-hybridized carbons (Fsp3) is 0.250. The van der Waals surface area contributed by atoms with Crippen LogP contribution in [-0.4, -0.2) is 20.0 Å². The highest BCUT2D eigenvalue weighted by Gasteiger charge is 2.30. The Morgan fingerprint density at radius 2 is 1.67 bits per heavy atom. The number of hydrogen-bond acceptors (Lipinski definition) is 2. The summed E-state index contributed by atoms with van der Waals surface area (Å²) in [6, 6.07) is 12.8. The summed E-state index contributed by atoms with van der Waals surface area (Å²) in [5.74, 6) is -0.616. The van der Waals surface area contributed by atoms with Crippen LogP contribution in [0.3, 0.4) is 0 Å². The molecule has 92 valence electrons. The molecule has 0 atom stereocenters. The van der Waals surface area contributed by atoms with Crippen LogP contribution in [-0.2, 0) is 15.9 Å². The van der Waals surface area contributed by atoms with Crippen molar-refractivity contribution in [1.29, 1.82) is 0 Å². The van der Waals surface area contributed by atoms with E-state index in [1.54, 1.807) is 14.2 Å². The molecule has 1 aliphatic rings. The fourth-order valence-electron chi connectivity index (χ4n) is 2.52. The van der Waals surface area contributed by atoms with Crippen LogP contribution < -0.4 is 0 Å². The van der Waals surface area contributed by atoms with Gasteiger partial charge in [0.1, 0.15) is 0 Å². The van der Waals surface area contributed by atoms with Crippen LogP contribution in [0.5, 0.6) is 0 Å². The second kappa shape index (κ2) is 4.23. The summed E-state index contributed by atoms with van der Waals surface area (Å²) >= 11 is 0. The Morgan fingerprint density at radius 3 is 2.33 bits per heavy atom. The Labute approximate surface area is 107 Å². The summed E-state index contributed by atoms with van der Waals surface area (Å²) in [7, 11) is 3.36. The van der Waals surface area contributed by atoms with Gasteiger partial charge >= 0.3 is 0 Å². The molecule has 2 nitrogen and oxygen atoms in total. The highest BCUT2D eigenvalue weighted by atomic mass is 16.7. The Balaban J connectivity index is 2.13. The van der Waals surface area contributed by atoms with Crippen LogP contribution in [0.4, 0.5) is 0 Å². The molecular formula is C16H16O2. The zero-order valence-electron chi connectivity index (χ0n) is 10.6. The van der Waals surface area contributed by atoms with Crippen molar-refractivity contribution in [2.24, 2.45) is 0 Å². The van der Waals surface area contributed by atoms with Crippen LogP contribution in [0, 0.1) is 0 Å². The lowest BCUT2D eigenvalue weighted by Gasteiger charge is -2.31. The summed E-state index contributed by atoms with van der Waals surface area (Å²) in [5, 5.41) is 2.52. The quantitative estimate of drug-likeness (QED) is 0.749. The van der Waals surface area contributed by atoms with E-state index in [9.17, 15) is 0 Å². The third-order valence-corrected chi connectivity index (χ3v) is 3.65. The standard InChI is InChI=1S/C16H16O2/c1-17-16(18-2)8-7-14-9-12-5-3-4-6-13(12)10-15(14)11-16/h3-10H,11H2,1-2H3. The van der Waals surface area contributed by atoms with Crippen molar-refractivity contribution in [1.82, 2.24) is 0 Å². The molecule has 0 aromatic heterocycles. The summed E-state index contributed by atoms with van der Waals surface area (Å²) in [6.45, 7) is 0. The summed E-state index contributed by atoms with van der Waals surface area (Å²) in [5.41, 5.74) is 2.51. The van der Waals surface area contributed by atoms with E-state index < -0.39 is 5.79 Å². The van der Waals surface area contributed by atoms with E-state index in [0.717, 1.165) is 6.42 Å². The third kappa shape index (κ3) is 1.74. The number of benzene rings is 2. The fourth-order valence-corrected chi connectivity index (χ4v) is 2.52. The van der Waals surface area contributed by atoms with Gasteiger partial charge < -0.3 is 9.47 Å². The van der Waals surface area contributed by atoms with Crippen LogP contribution in [0.15, 0.2) is 42.5 Å². The van der Waals surface area contributed by atoms with Crippen LogP contribution in [0.1, 0.15) is 11.1 Å². The summed E-state index contributed by atoms with van der Waals surface area (Å²) < 4.78 is 11.0. The molecule has 0 bridgehead atoms. The molecule has 3 rings (SSSR count). The topological polar surface area (TPSA) is 18.5 Å². The number of methoxy groups -OCH3 is 2. The average Bonchev–Trinajstić information content (AvgIpc) is 2.44. The van der Waals surface area contributed by atoms with Crippen molar-refractivity contribution < 1.29 is 9.47 Å². The Morgan fingerprint density at radius 1 is 1.00 bits per heavy atom. The Bertz CT molecular complexity index is 610. The molecule has 18 heavy (non-hydrogen) atoms. The lowest BCUT2D eigenvalue weighted by Crippen LogP contribution is -2.35. The minimum Gasteiger partial charge on any atom is -0.349 e. The molecule has 0 N–H and O–H groups in total. The van der Waals surface area contributed by atoms with Gasteiger partial charge in [0.2, 0.25) is 0 Å². The first-order chi connectivity index (χ1) is 8.76. The van der Waals surface area contributed by atoms with Crippen molar-refractivity contribution >= 4 is 16.8 Å². The highest BCUT2D eigenvalue weighted by Crippen LogP contribution is 2.31. The highest BCUT2D eigenvalue weighted by molar-refractivity contribution is 5.86. The van der Waals surface area contributed by atoms with E-state index in [2.05, 4.69) is 42.5 Å². The normalized spacial score (nSPS) is 16.8. The minimum absolute atomic E-state index is 0.616. The van der Waals surface area contributed by atoms with Gasteiger partial charge in [-0.25, -0.2) is 0 Å². The summed E-state index contributed by atoms with van der Waals surface area (Å²) in [6.07, 6.45) is 4.82. The number of ether oxygens (including phenoxy) is 2. The van der Waals surface area contributed by atoms with Gasteiger partial charge in [-0.05, 0) is 34.0 Å². The maximum Gasteiger partial charge on any atom is 0.191 e. The maximum atomic E-state index is 5.49. The van der Waals surface area contributed by atoms with E-state index in [-0.39, 0.29) is 0 Å². The van der Waals surface area contributed by atoms with Gasteiger partial charge in [-0.2, -0.15) is 0 Å². The van der Waals surface area contributed by atoms with Crippen LogP contribution in [0.2, 0.25) is 0 Å². The van der Waals surface area contributed by atoms with E-state index in [4.69, 9.17) is 9.47 Å². The number of hydrogen-bond donors (Lipinski definition) is 0. The minimum atomic E-state index is -0.616. The van der Waals surface area contributed by atoms with Crippen molar-refractivity contribution in [3.05, 3.63) is 53.6 Å². The first kappa shape index (κ1) is 11.5. The number of fused-ring (bicyclic) bond motifs is 2. The molecule has 0 spiro atoms. The molecule has 2 heteroatoms.